The number of aryl methyl sites for hydroxylation is 1. The maximum atomic E-state index is 12.6. The molecule has 2 aromatic carbocycles. The smallest absolute Gasteiger partial charge is 0.179 e. The Morgan fingerprint density at radius 2 is 1.80 bits per heavy atom. The molecule has 25 heavy (non-hydrogen) atoms. The van der Waals surface area contributed by atoms with Gasteiger partial charge in [0.15, 0.2) is 9.84 Å². The Bertz CT molecular complexity index is 830. The first-order chi connectivity index (χ1) is 11.9. The van der Waals surface area contributed by atoms with Crippen molar-refractivity contribution in [3.63, 3.8) is 0 Å². The molecule has 134 valence electrons. The standard InChI is InChI=1S/C20H25NO3S/c1-14-8-10-17(11-9-14)25(22,23)13-15(2)21-16(3)19-12-24-20-7-5-4-6-18(19)20/h4-11,15-16,19,21H,12-13H2,1-3H3/t15-,16-,19-/m0/s1. The van der Waals surface area contributed by atoms with Crippen molar-refractivity contribution in [3.05, 3.63) is 59.7 Å². The van der Waals surface area contributed by atoms with Gasteiger partial charge in [0, 0.05) is 23.6 Å². The summed E-state index contributed by atoms with van der Waals surface area (Å²) in [6.45, 7) is 6.59. The van der Waals surface area contributed by atoms with Crippen LogP contribution in [0.2, 0.25) is 0 Å². The maximum absolute atomic E-state index is 12.6. The minimum atomic E-state index is -3.30. The molecular weight excluding hydrogens is 334 g/mol. The fourth-order valence-corrected chi connectivity index (χ4v) is 4.88. The van der Waals surface area contributed by atoms with Crippen LogP contribution in [0.4, 0.5) is 0 Å². The second kappa shape index (κ2) is 7.18. The highest BCUT2D eigenvalue weighted by molar-refractivity contribution is 7.91. The summed E-state index contributed by atoms with van der Waals surface area (Å²) in [6, 6.07) is 15.1. The van der Waals surface area contributed by atoms with Gasteiger partial charge < -0.3 is 10.1 Å². The van der Waals surface area contributed by atoms with Gasteiger partial charge in [-0.15, -0.1) is 0 Å². The second-order valence-electron chi connectivity index (χ2n) is 6.91. The van der Waals surface area contributed by atoms with Crippen LogP contribution >= 0.6 is 0 Å². The molecule has 0 amide bonds. The summed E-state index contributed by atoms with van der Waals surface area (Å²) < 4.78 is 30.9. The first-order valence-corrected chi connectivity index (χ1v) is 10.3. The first kappa shape index (κ1) is 18.0. The van der Waals surface area contributed by atoms with E-state index in [0.717, 1.165) is 11.3 Å². The molecule has 5 heteroatoms. The summed E-state index contributed by atoms with van der Waals surface area (Å²) in [6.07, 6.45) is 0. The summed E-state index contributed by atoms with van der Waals surface area (Å²) in [5.74, 6) is 1.25. The number of fused-ring (bicyclic) bond motifs is 1. The predicted octanol–water partition coefficient (Wildman–Crippen LogP) is 3.31. The van der Waals surface area contributed by atoms with Gasteiger partial charge in [0.25, 0.3) is 0 Å². The lowest BCUT2D eigenvalue weighted by molar-refractivity contribution is 0.298. The zero-order valence-electron chi connectivity index (χ0n) is 14.9. The molecule has 0 fully saturated rings. The zero-order valence-corrected chi connectivity index (χ0v) is 15.7. The summed E-state index contributed by atoms with van der Waals surface area (Å²) >= 11 is 0. The van der Waals surface area contributed by atoms with E-state index in [9.17, 15) is 8.42 Å². The molecule has 0 aliphatic carbocycles. The van der Waals surface area contributed by atoms with Gasteiger partial charge >= 0.3 is 0 Å². The van der Waals surface area contributed by atoms with Gasteiger partial charge in [-0.3, -0.25) is 0 Å². The minimum Gasteiger partial charge on any atom is -0.493 e. The van der Waals surface area contributed by atoms with Crippen molar-refractivity contribution in [2.75, 3.05) is 12.4 Å². The van der Waals surface area contributed by atoms with Crippen molar-refractivity contribution in [1.82, 2.24) is 5.32 Å². The Kier molecular flexibility index (Phi) is 5.16. The zero-order chi connectivity index (χ0) is 18.0. The third-order valence-electron chi connectivity index (χ3n) is 4.74. The van der Waals surface area contributed by atoms with E-state index < -0.39 is 9.84 Å². The summed E-state index contributed by atoms with van der Waals surface area (Å²) in [5, 5.41) is 3.44. The number of sulfone groups is 1. The van der Waals surface area contributed by atoms with Crippen LogP contribution in [0.3, 0.4) is 0 Å². The number of nitrogens with one attached hydrogen (secondary N) is 1. The second-order valence-corrected chi connectivity index (χ2v) is 8.94. The number of benzene rings is 2. The van der Waals surface area contributed by atoms with E-state index in [-0.39, 0.29) is 23.8 Å². The van der Waals surface area contributed by atoms with E-state index in [2.05, 4.69) is 18.3 Å². The molecule has 4 nitrogen and oxygen atoms in total. The molecular formula is C20H25NO3S. The van der Waals surface area contributed by atoms with Crippen molar-refractivity contribution in [3.8, 4) is 5.75 Å². The van der Waals surface area contributed by atoms with Crippen LogP contribution in [0.15, 0.2) is 53.4 Å². The third kappa shape index (κ3) is 4.05. The minimum absolute atomic E-state index is 0.0790. The number of para-hydroxylation sites is 1. The number of ether oxygens (including phenoxy) is 1. The first-order valence-electron chi connectivity index (χ1n) is 8.64. The maximum Gasteiger partial charge on any atom is 0.179 e. The van der Waals surface area contributed by atoms with Crippen molar-refractivity contribution in [2.45, 2.75) is 43.7 Å². The molecule has 0 spiro atoms. The molecule has 1 aliphatic heterocycles. The van der Waals surface area contributed by atoms with Crippen molar-refractivity contribution < 1.29 is 13.2 Å². The van der Waals surface area contributed by atoms with Crippen LogP contribution in [-0.4, -0.2) is 32.9 Å². The Hall–Kier alpha value is -1.85. The van der Waals surface area contributed by atoms with Crippen LogP contribution in [0.25, 0.3) is 0 Å². The van der Waals surface area contributed by atoms with Crippen LogP contribution in [0.1, 0.15) is 30.9 Å². The molecule has 2 aromatic rings. The van der Waals surface area contributed by atoms with Crippen LogP contribution in [0.5, 0.6) is 5.75 Å². The van der Waals surface area contributed by atoms with Crippen LogP contribution < -0.4 is 10.1 Å². The van der Waals surface area contributed by atoms with E-state index in [1.54, 1.807) is 12.1 Å². The van der Waals surface area contributed by atoms with Gasteiger partial charge in [0.2, 0.25) is 0 Å². The van der Waals surface area contributed by atoms with Crippen LogP contribution in [0, 0.1) is 6.92 Å². The van der Waals surface area contributed by atoms with Gasteiger partial charge in [-0.25, -0.2) is 8.42 Å². The van der Waals surface area contributed by atoms with Gasteiger partial charge in [0.1, 0.15) is 5.75 Å². The van der Waals surface area contributed by atoms with Crippen molar-refractivity contribution >= 4 is 9.84 Å². The Morgan fingerprint density at radius 1 is 1.12 bits per heavy atom. The lowest BCUT2D eigenvalue weighted by Gasteiger charge is -2.24. The number of rotatable bonds is 6. The monoisotopic (exact) mass is 359 g/mol. The van der Waals surface area contributed by atoms with E-state index in [1.807, 2.05) is 44.2 Å². The van der Waals surface area contributed by atoms with Gasteiger partial charge in [-0.2, -0.15) is 0 Å². The summed E-state index contributed by atoms with van der Waals surface area (Å²) in [7, 11) is -3.30. The largest absolute Gasteiger partial charge is 0.493 e. The lowest BCUT2D eigenvalue weighted by atomic mass is 9.94. The van der Waals surface area contributed by atoms with E-state index in [0.29, 0.717) is 11.5 Å². The molecule has 1 aliphatic rings. The van der Waals surface area contributed by atoms with Gasteiger partial charge in [-0.1, -0.05) is 35.9 Å². The van der Waals surface area contributed by atoms with Crippen LogP contribution in [-0.2, 0) is 9.84 Å². The number of hydrogen-bond acceptors (Lipinski definition) is 4. The summed E-state index contributed by atoms with van der Waals surface area (Å²) in [4.78, 5) is 0.383. The highest BCUT2D eigenvalue weighted by atomic mass is 32.2. The number of hydrogen-bond donors (Lipinski definition) is 1. The fourth-order valence-electron chi connectivity index (χ4n) is 3.39. The molecule has 3 rings (SSSR count). The Morgan fingerprint density at radius 3 is 2.52 bits per heavy atom. The van der Waals surface area contributed by atoms with Crippen molar-refractivity contribution in [1.29, 1.82) is 0 Å². The highest BCUT2D eigenvalue weighted by Crippen LogP contribution is 2.35. The lowest BCUT2D eigenvalue weighted by Crippen LogP contribution is -2.42. The predicted molar refractivity (Wildman–Crippen MR) is 100.0 cm³/mol. The molecule has 3 atom stereocenters. The quantitative estimate of drug-likeness (QED) is 0.860. The summed E-state index contributed by atoms with van der Waals surface area (Å²) in [5.41, 5.74) is 2.25. The van der Waals surface area contributed by atoms with E-state index >= 15 is 0 Å². The fraction of sp³-hybridized carbons (Fsp3) is 0.400. The molecule has 0 aromatic heterocycles. The molecule has 1 heterocycles. The molecule has 0 unspecified atom stereocenters. The molecule has 0 bridgehead atoms. The SMILES string of the molecule is Cc1ccc(S(=O)(=O)C[C@H](C)N[C@@H](C)[C@@H]2COc3ccccc32)cc1. The molecule has 0 saturated heterocycles. The van der Waals surface area contributed by atoms with E-state index in [1.165, 1.54) is 5.56 Å². The van der Waals surface area contributed by atoms with Crippen molar-refractivity contribution in [2.24, 2.45) is 0 Å². The third-order valence-corrected chi connectivity index (χ3v) is 6.67. The Balaban J connectivity index is 1.64. The molecule has 0 radical (unpaired) electrons. The highest BCUT2D eigenvalue weighted by Gasteiger charge is 2.30. The average Bonchev–Trinajstić information content (AvgIpc) is 2.98. The van der Waals surface area contributed by atoms with E-state index in [4.69, 9.17) is 4.74 Å². The average molecular weight is 359 g/mol. The molecule has 1 N–H and O–H groups in total. The normalized spacial score (nSPS) is 19.1. The van der Waals surface area contributed by atoms with Gasteiger partial charge in [-0.05, 0) is 39.0 Å². The van der Waals surface area contributed by atoms with Gasteiger partial charge in [0.05, 0.1) is 17.3 Å². The Labute approximate surface area is 150 Å². The molecule has 0 saturated carbocycles. The topological polar surface area (TPSA) is 55.4 Å².